The molecule has 0 saturated heterocycles. The molecule has 1 rings (SSSR count). The van der Waals surface area contributed by atoms with Gasteiger partial charge in [0.05, 0.1) is 19.1 Å². The van der Waals surface area contributed by atoms with Gasteiger partial charge in [0.15, 0.2) is 0 Å². The molecule has 19 heavy (non-hydrogen) atoms. The van der Waals surface area contributed by atoms with Gasteiger partial charge in [-0.25, -0.2) is 0 Å². The summed E-state index contributed by atoms with van der Waals surface area (Å²) in [6.45, 7) is 5.98. The molecule has 1 aromatic rings. The number of benzene rings is 1. The van der Waals surface area contributed by atoms with Gasteiger partial charge in [0.1, 0.15) is 5.75 Å². The second-order valence-corrected chi connectivity index (χ2v) is 5.72. The van der Waals surface area contributed by atoms with Crippen LogP contribution in [0.1, 0.15) is 32.4 Å². The Kier molecular flexibility index (Phi) is 5.38. The maximum Gasteiger partial charge on any atom is 0.313 e. The first-order valence-corrected chi connectivity index (χ1v) is 6.90. The van der Waals surface area contributed by atoms with E-state index in [9.17, 15) is 4.79 Å². The van der Waals surface area contributed by atoms with Crippen LogP contribution in [0.15, 0.2) is 22.7 Å². The van der Waals surface area contributed by atoms with E-state index < -0.39 is 11.5 Å². The number of carbonyl (C=O) groups is 1. The van der Waals surface area contributed by atoms with E-state index >= 15 is 0 Å². The van der Waals surface area contributed by atoms with Crippen LogP contribution in [0.25, 0.3) is 0 Å². The first-order chi connectivity index (χ1) is 8.84. The van der Waals surface area contributed by atoms with E-state index in [0.717, 1.165) is 10.0 Å². The highest BCUT2D eigenvalue weighted by atomic mass is 79.9. The molecule has 0 unspecified atom stereocenters. The topological polar surface area (TPSA) is 61.5 Å². The van der Waals surface area contributed by atoms with Crippen molar-refractivity contribution in [1.29, 1.82) is 0 Å². The van der Waals surface area contributed by atoms with Gasteiger partial charge in [-0.1, -0.05) is 15.9 Å². The third kappa shape index (κ3) is 3.48. The maximum absolute atomic E-state index is 11.8. The zero-order valence-electron chi connectivity index (χ0n) is 11.7. The largest absolute Gasteiger partial charge is 0.494 e. The predicted molar refractivity (Wildman–Crippen MR) is 78.0 cm³/mol. The van der Waals surface area contributed by atoms with Gasteiger partial charge < -0.3 is 15.2 Å². The molecule has 0 aliphatic carbocycles. The molecule has 0 heterocycles. The van der Waals surface area contributed by atoms with E-state index in [0.29, 0.717) is 12.4 Å². The van der Waals surface area contributed by atoms with Gasteiger partial charge in [-0.05, 0) is 39.0 Å². The molecule has 0 radical (unpaired) electrons. The molecule has 0 spiro atoms. The molecule has 0 fully saturated rings. The van der Waals surface area contributed by atoms with E-state index in [1.54, 1.807) is 13.8 Å². The van der Waals surface area contributed by atoms with Gasteiger partial charge in [0.25, 0.3) is 0 Å². The summed E-state index contributed by atoms with van der Waals surface area (Å²) in [5.74, 6) is 0.345. The van der Waals surface area contributed by atoms with Gasteiger partial charge in [-0.3, -0.25) is 4.79 Å². The van der Waals surface area contributed by atoms with E-state index in [-0.39, 0.29) is 5.97 Å². The minimum atomic E-state index is -0.832. The number of methoxy groups -OCH3 is 1. The lowest BCUT2D eigenvalue weighted by molar-refractivity contribution is -0.152. The van der Waals surface area contributed by atoms with Crippen LogP contribution < -0.4 is 10.5 Å². The second-order valence-electron chi connectivity index (χ2n) is 4.81. The SMILES string of the molecule is CCOc1ccc(Br)cc1[C@H](N)C(C)(C)C(=O)OC. The average Bonchev–Trinajstić information content (AvgIpc) is 2.39. The van der Waals surface area contributed by atoms with Crippen LogP contribution in [0.2, 0.25) is 0 Å². The van der Waals surface area contributed by atoms with Crippen LogP contribution in [-0.4, -0.2) is 19.7 Å². The van der Waals surface area contributed by atoms with Crippen molar-refractivity contribution in [2.45, 2.75) is 26.8 Å². The van der Waals surface area contributed by atoms with Crippen molar-refractivity contribution in [3.8, 4) is 5.75 Å². The highest BCUT2D eigenvalue weighted by Crippen LogP contribution is 2.38. The van der Waals surface area contributed by atoms with E-state index in [1.165, 1.54) is 7.11 Å². The molecule has 0 bridgehead atoms. The van der Waals surface area contributed by atoms with Gasteiger partial charge >= 0.3 is 5.97 Å². The Labute approximate surface area is 122 Å². The summed E-state index contributed by atoms with van der Waals surface area (Å²) in [7, 11) is 1.36. The van der Waals surface area contributed by atoms with Gasteiger partial charge in [-0.15, -0.1) is 0 Å². The van der Waals surface area contributed by atoms with Gasteiger partial charge in [0, 0.05) is 16.1 Å². The Balaban J connectivity index is 3.20. The molecule has 2 N–H and O–H groups in total. The first-order valence-electron chi connectivity index (χ1n) is 6.10. The minimum absolute atomic E-state index is 0.345. The molecule has 1 aromatic carbocycles. The Morgan fingerprint density at radius 3 is 2.63 bits per heavy atom. The van der Waals surface area contributed by atoms with Crippen molar-refractivity contribution >= 4 is 21.9 Å². The minimum Gasteiger partial charge on any atom is -0.494 e. The third-order valence-corrected chi connectivity index (χ3v) is 3.59. The van der Waals surface area contributed by atoms with E-state index in [2.05, 4.69) is 15.9 Å². The van der Waals surface area contributed by atoms with Crippen LogP contribution in [0, 0.1) is 5.41 Å². The summed E-state index contributed by atoms with van der Waals surface area (Å²) in [5.41, 5.74) is 6.20. The summed E-state index contributed by atoms with van der Waals surface area (Å²) >= 11 is 3.41. The standard InChI is InChI=1S/C14H20BrNO3/c1-5-19-11-7-6-9(15)8-10(11)12(16)14(2,3)13(17)18-4/h6-8,12H,5,16H2,1-4H3/t12-/m0/s1. The number of esters is 1. The van der Waals surface area contributed by atoms with E-state index in [1.807, 2.05) is 25.1 Å². The predicted octanol–water partition coefficient (Wildman–Crippen LogP) is 3.05. The van der Waals surface area contributed by atoms with E-state index in [4.69, 9.17) is 15.2 Å². The van der Waals surface area contributed by atoms with Crippen molar-refractivity contribution in [2.24, 2.45) is 11.1 Å². The molecule has 5 heteroatoms. The van der Waals surface area contributed by atoms with Crippen molar-refractivity contribution < 1.29 is 14.3 Å². The quantitative estimate of drug-likeness (QED) is 0.843. The fourth-order valence-electron chi connectivity index (χ4n) is 1.83. The fraction of sp³-hybridized carbons (Fsp3) is 0.500. The highest BCUT2D eigenvalue weighted by Gasteiger charge is 2.38. The highest BCUT2D eigenvalue weighted by molar-refractivity contribution is 9.10. The number of ether oxygens (including phenoxy) is 2. The van der Waals surface area contributed by atoms with Crippen molar-refractivity contribution in [3.63, 3.8) is 0 Å². The number of hydrogen-bond donors (Lipinski definition) is 1. The molecule has 4 nitrogen and oxygen atoms in total. The first kappa shape index (κ1) is 16.0. The van der Waals surface area contributed by atoms with Gasteiger partial charge in [-0.2, -0.15) is 0 Å². The summed E-state index contributed by atoms with van der Waals surface area (Å²) in [5, 5.41) is 0. The molecular formula is C14H20BrNO3. The third-order valence-electron chi connectivity index (χ3n) is 3.10. The van der Waals surface area contributed by atoms with Crippen molar-refractivity contribution in [2.75, 3.05) is 13.7 Å². The molecule has 0 saturated carbocycles. The number of nitrogens with two attached hydrogens (primary N) is 1. The number of carbonyl (C=O) groups excluding carboxylic acids is 1. The molecule has 0 aromatic heterocycles. The summed E-state index contributed by atoms with van der Waals surface area (Å²) in [6.07, 6.45) is 0. The molecule has 1 atom stereocenters. The van der Waals surface area contributed by atoms with Crippen LogP contribution in [0.5, 0.6) is 5.75 Å². The molecule has 0 aliphatic heterocycles. The van der Waals surface area contributed by atoms with Gasteiger partial charge in [0.2, 0.25) is 0 Å². The number of halogens is 1. The molecular weight excluding hydrogens is 310 g/mol. The lowest BCUT2D eigenvalue weighted by Gasteiger charge is -2.30. The van der Waals surface area contributed by atoms with Crippen molar-refractivity contribution in [1.82, 2.24) is 0 Å². The van der Waals surface area contributed by atoms with Crippen LogP contribution >= 0.6 is 15.9 Å². The Hall–Kier alpha value is -1.07. The fourth-order valence-corrected chi connectivity index (χ4v) is 2.21. The lowest BCUT2D eigenvalue weighted by Crippen LogP contribution is -2.37. The number of rotatable bonds is 5. The number of hydrogen-bond acceptors (Lipinski definition) is 4. The lowest BCUT2D eigenvalue weighted by atomic mass is 9.80. The average molecular weight is 330 g/mol. The molecule has 106 valence electrons. The monoisotopic (exact) mass is 329 g/mol. The molecule has 0 aliphatic rings. The summed E-state index contributed by atoms with van der Waals surface area (Å²) < 4.78 is 11.3. The Morgan fingerprint density at radius 1 is 1.47 bits per heavy atom. The zero-order valence-corrected chi connectivity index (χ0v) is 13.3. The Bertz CT molecular complexity index is 460. The normalized spacial score (nSPS) is 12.9. The molecule has 0 amide bonds. The Morgan fingerprint density at radius 2 is 2.11 bits per heavy atom. The maximum atomic E-state index is 11.8. The second kappa shape index (κ2) is 6.39. The van der Waals surface area contributed by atoms with Crippen LogP contribution in [-0.2, 0) is 9.53 Å². The zero-order chi connectivity index (χ0) is 14.6. The summed E-state index contributed by atoms with van der Waals surface area (Å²) in [4.78, 5) is 11.8. The smallest absolute Gasteiger partial charge is 0.313 e. The van der Waals surface area contributed by atoms with Crippen molar-refractivity contribution in [3.05, 3.63) is 28.2 Å². The van der Waals surface area contributed by atoms with Crippen LogP contribution in [0.3, 0.4) is 0 Å². The van der Waals surface area contributed by atoms with Crippen LogP contribution in [0.4, 0.5) is 0 Å². The summed E-state index contributed by atoms with van der Waals surface area (Å²) in [6, 6.07) is 5.09.